The van der Waals surface area contributed by atoms with Crippen LogP contribution < -0.4 is 5.73 Å². The van der Waals surface area contributed by atoms with Crippen LogP contribution in [0, 0.1) is 11.8 Å². The second-order valence-corrected chi connectivity index (χ2v) is 10.7. The maximum atomic E-state index is 12.2. The predicted molar refractivity (Wildman–Crippen MR) is 168 cm³/mol. The van der Waals surface area contributed by atoms with Gasteiger partial charge in [-0.3, -0.25) is 9.59 Å². The molecule has 2 atom stereocenters. The van der Waals surface area contributed by atoms with Crippen molar-refractivity contribution >= 4 is 35.4 Å². The average Bonchev–Trinajstić information content (AvgIpc) is 2.95. The highest BCUT2D eigenvalue weighted by atomic mass is 35.5. The van der Waals surface area contributed by atoms with Crippen molar-refractivity contribution in [3.63, 3.8) is 0 Å². The van der Waals surface area contributed by atoms with E-state index in [-0.39, 0.29) is 17.6 Å². The topological polar surface area (TPSA) is 144 Å². The number of aliphatic carboxylic acids is 2. The number of carbonyl (C=O) groups is 4. The second-order valence-electron chi connectivity index (χ2n) is 10.3. The third-order valence-corrected chi connectivity index (χ3v) is 7.01. The molecule has 9 heteroatoms. The summed E-state index contributed by atoms with van der Waals surface area (Å²) in [5.74, 6) is -1.40. The normalized spacial score (nSPS) is 16.5. The fraction of sp³-hybridized carbons (Fsp3) is 0.515. The molecule has 2 unspecified atom stereocenters. The van der Waals surface area contributed by atoms with Crippen molar-refractivity contribution < 1.29 is 34.1 Å². The number of halogens is 1. The van der Waals surface area contributed by atoms with Gasteiger partial charge >= 0.3 is 18.0 Å². The van der Waals surface area contributed by atoms with Gasteiger partial charge in [0.15, 0.2) is 0 Å². The van der Waals surface area contributed by atoms with E-state index in [4.69, 9.17) is 32.3 Å². The first-order valence-corrected chi connectivity index (χ1v) is 15.0. The molecule has 0 aromatic heterocycles. The fourth-order valence-electron chi connectivity index (χ4n) is 4.04. The second kappa shape index (κ2) is 24.2. The molecule has 1 amide bonds. The highest BCUT2D eigenvalue weighted by Gasteiger charge is 2.19. The zero-order valence-electron chi connectivity index (χ0n) is 25.2. The maximum absolute atomic E-state index is 12.2. The molecule has 1 rings (SSSR count). The summed E-state index contributed by atoms with van der Waals surface area (Å²) < 4.78 is 5.04. The molecule has 0 saturated heterocycles. The molecule has 0 aromatic rings. The summed E-state index contributed by atoms with van der Waals surface area (Å²) >= 11 is 6.34. The van der Waals surface area contributed by atoms with E-state index < -0.39 is 24.1 Å². The Morgan fingerprint density at radius 3 is 2.17 bits per heavy atom. The summed E-state index contributed by atoms with van der Waals surface area (Å²) in [6.07, 6.45) is 24.6. The highest BCUT2D eigenvalue weighted by Crippen LogP contribution is 2.23. The third-order valence-electron chi connectivity index (χ3n) is 6.51. The fourth-order valence-corrected chi connectivity index (χ4v) is 4.22. The van der Waals surface area contributed by atoms with Crippen LogP contribution >= 0.6 is 11.6 Å². The number of ketones is 1. The first-order chi connectivity index (χ1) is 20.0. The lowest BCUT2D eigenvalue weighted by Crippen LogP contribution is -2.21. The van der Waals surface area contributed by atoms with Crippen LogP contribution in [-0.4, -0.2) is 40.1 Å². The quantitative estimate of drug-likeness (QED) is 0.0864. The van der Waals surface area contributed by atoms with Crippen LogP contribution in [0.25, 0.3) is 0 Å². The Morgan fingerprint density at radius 1 is 0.952 bits per heavy atom. The Kier molecular flexibility index (Phi) is 22.3. The van der Waals surface area contributed by atoms with E-state index in [1.165, 1.54) is 12.5 Å². The molecule has 0 aromatic carbocycles. The van der Waals surface area contributed by atoms with Gasteiger partial charge in [-0.15, -0.1) is 0 Å². The summed E-state index contributed by atoms with van der Waals surface area (Å²) in [6.45, 7) is 5.86. The van der Waals surface area contributed by atoms with Gasteiger partial charge in [0.2, 0.25) is 0 Å². The summed E-state index contributed by atoms with van der Waals surface area (Å²) in [6, 6.07) is 0. The Balaban J connectivity index is 0.00000157. The minimum absolute atomic E-state index is 0.0289. The Labute approximate surface area is 255 Å². The number of amides is 1. The van der Waals surface area contributed by atoms with Crippen molar-refractivity contribution in [2.45, 2.75) is 97.5 Å². The van der Waals surface area contributed by atoms with Gasteiger partial charge in [-0.2, -0.15) is 0 Å². The average molecular weight is 606 g/mol. The first kappa shape index (κ1) is 38.6. The maximum Gasteiger partial charge on any atom is 0.405 e. The van der Waals surface area contributed by atoms with Gasteiger partial charge in [0.05, 0.1) is 5.92 Å². The molecule has 0 radical (unpaired) electrons. The van der Waals surface area contributed by atoms with Crippen LogP contribution in [0.4, 0.5) is 4.79 Å². The highest BCUT2D eigenvalue weighted by molar-refractivity contribution is 6.29. The Hall–Kier alpha value is -3.39. The van der Waals surface area contributed by atoms with Gasteiger partial charge in [-0.1, -0.05) is 92.8 Å². The monoisotopic (exact) mass is 605 g/mol. The summed E-state index contributed by atoms with van der Waals surface area (Å²) in [5, 5.41) is 17.7. The van der Waals surface area contributed by atoms with E-state index in [9.17, 15) is 19.2 Å². The molecule has 0 aliphatic heterocycles. The van der Waals surface area contributed by atoms with Crippen LogP contribution in [0.5, 0.6) is 0 Å². The van der Waals surface area contributed by atoms with Gasteiger partial charge in [-0.05, 0) is 63.5 Å². The zero-order valence-corrected chi connectivity index (χ0v) is 25.9. The van der Waals surface area contributed by atoms with Crippen molar-refractivity contribution in [2.24, 2.45) is 17.6 Å². The van der Waals surface area contributed by atoms with Gasteiger partial charge in [0.25, 0.3) is 0 Å². The number of nitrogens with two attached hydrogens (primary N) is 1. The molecule has 1 fully saturated rings. The lowest BCUT2D eigenvalue weighted by Gasteiger charge is -2.16. The number of hydrogen-bond acceptors (Lipinski definition) is 5. The molecule has 1 aliphatic carbocycles. The number of hydrogen-bond donors (Lipinski definition) is 3. The Bertz CT molecular complexity index is 1020. The molecule has 0 bridgehead atoms. The van der Waals surface area contributed by atoms with Crippen LogP contribution in [0.2, 0.25) is 0 Å². The van der Waals surface area contributed by atoms with Crippen molar-refractivity contribution in [1.82, 2.24) is 0 Å². The predicted octanol–water partition coefficient (Wildman–Crippen LogP) is 8.05. The van der Waals surface area contributed by atoms with Gasteiger partial charge in [0, 0.05) is 23.9 Å². The van der Waals surface area contributed by atoms with Crippen LogP contribution in [-0.2, 0) is 19.1 Å². The van der Waals surface area contributed by atoms with Gasteiger partial charge < -0.3 is 20.7 Å². The smallest absolute Gasteiger partial charge is 0.405 e. The number of carboxylic acids is 2. The van der Waals surface area contributed by atoms with Crippen molar-refractivity contribution in [3.05, 3.63) is 71.4 Å². The van der Waals surface area contributed by atoms with Crippen molar-refractivity contribution in [2.75, 3.05) is 0 Å². The van der Waals surface area contributed by atoms with E-state index in [1.807, 2.05) is 45.1 Å². The molecule has 234 valence electrons. The standard InChI is InChI=1S/C26H36ClNO5.C7H12O2/c1-4-5-14-23(33-26(28)32)15-10-13-22(29)19-18-21(3)24(27)16-8-6-11-20(2)12-7-9-17-25(30)31;8-7(9)6-4-2-1-3-5-6/h5-9,11-12,14,16-17,21,23H,4,10,13,15,18-19H2,1-3H3,(H2,28,32)(H,30,31);6H,1-5H2,(H,8,9)/b8-6+,12-7+,14-5+,17-9+,20-11+,24-16-;. The largest absolute Gasteiger partial charge is 0.481 e. The molecule has 42 heavy (non-hydrogen) atoms. The number of allylic oxidation sites excluding steroid dienone is 10. The molecular weight excluding hydrogens is 558 g/mol. The van der Waals surface area contributed by atoms with Crippen molar-refractivity contribution in [3.8, 4) is 0 Å². The minimum Gasteiger partial charge on any atom is -0.481 e. The molecule has 0 heterocycles. The van der Waals surface area contributed by atoms with Crippen LogP contribution in [0.1, 0.15) is 91.4 Å². The molecule has 8 nitrogen and oxygen atoms in total. The summed E-state index contributed by atoms with van der Waals surface area (Å²) in [5.41, 5.74) is 6.04. The van der Waals surface area contributed by atoms with E-state index in [1.54, 1.807) is 24.3 Å². The summed E-state index contributed by atoms with van der Waals surface area (Å²) in [4.78, 5) is 43.9. The van der Waals surface area contributed by atoms with E-state index >= 15 is 0 Å². The lowest BCUT2D eigenvalue weighted by atomic mass is 9.90. The van der Waals surface area contributed by atoms with Gasteiger partial charge in [0.1, 0.15) is 11.9 Å². The Morgan fingerprint density at radius 2 is 1.60 bits per heavy atom. The van der Waals surface area contributed by atoms with Crippen LogP contribution in [0.3, 0.4) is 0 Å². The molecule has 0 spiro atoms. The summed E-state index contributed by atoms with van der Waals surface area (Å²) in [7, 11) is 0. The zero-order chi connectivity index (χ0) is 31.8. The molecule has 4 N–H and O–H groups in total. The number of carbonyl (C=O) groups excluding carboxylic acids is 2. The number of ether oxygens (including phenoxy) is 1. The third kappa shape index (κ3) is 22.3. The van der Waals surface area contributed by atoms with Gasteiger partial charge in [-0.25, -0.2) is 9.59 Å². The van der Waals surface area contributed by atoms with Crippen molar-refractivity contribution in [1.29, 1.82) is 0 Å². The SMILES string of the molecule is CC/C=C/C(CCCC(=O)CCC(C)/C(Cl)=C/C=C/C=C(C)/C=C/C=C/C(=O)O)OC(N)=O.O=C(O)C1CCCCC1. The molecule has 1 aliphatic rings. The molecule has 1 saturated carbocycles. The first-order valence-electron chi connectivity index (χ1n) is 14.6. The van der Waals surface area contributed by atoms with Crippen LogP contribution in [0.15, 0.2) is 71.4 Å². The number of Topliss-reactive ketones (excluding diaryl/α,β-unsaturated/α-hetero) is 1. The molecular formula is C33H48ClNO7. The van der Waals surface area contributed by atoms with E-state index in [2.05, 4.69) is 0 Å². The number of primary amides is 1. The van der Waals surface area contributed by atoms with E-state index in [0.717, 1.165) is 43.8 Å². The minimum atomic E-state index is -0.986. The lowest BCUT2D eigenvalue weighted by molar-refractivity contribution is -0.142. The number of rotatable bonds is 17. The number of carboxylic acid groups (broad SMARTS) is 2. The van der Waals surface area contributed by atoms with E-state index in [0.29, 0.717) is 37.1 Å².